The maximum atomic E-state index is 4.05. The zero-order valence-electron chi connectivity index (χ0n) is 8.63. The molecule has 0 unspecified atom stereocenters. The van der Waals surface area contributed by atoms with Gasteiger partial charge < -0.3 is 5.32 Å². The van der Waals surface area contributed by atoms with E-state index in [1.54, 1.807) is 11.3 Å². The highest BCUT2D eigenvalue weighted by atomic mass is 32.1. The highest BCUT2D eigenvalue weighted by Gasteiger charge is 2.07. The Balaban J connectivity index is 2.09. The maximum Gasteiger partial charge on any atom is 0.0794 e. The summed E-state index contributed by atoms with van der Waals surface area (Å²) in [6.07, 6.45) is 4.30. The first kappa shape index (κ1) is 10.7. The van der Waals surface area contributed by atoms with Crippen LogP contribution in [0.25, 0.3) is 0 Å². The molecule has 0 amide bonds. The van der Waals surface area contributed by atoms with Crippen molar-refractivity contribution in [2.45, 2.75) is 39.2 Å². The fourth-order valence-corrected chi connectivity index (χ4v) is 1.73. The van der Waals surface area contributed by atoms with Gasteiger partial charge in [0.1, 0.15) is 0 Å². The summed E-state index contributed by atoms with van der Waals surface area (Å²) in [6.45, 7) is 7.67. The maximum absolute atomic E-state index is 4.05. The number of hydrogen-bond acceptors (Lipinski definition) is 3. The fourth-order valence-electron chi connectivity index (χ4n) is 1.09. The minimum Gasteiger partial charge on any atom is -0.312 e. The van der Waals surface area contributed by atoms with E-state index in [2.05, 4.69) is 31.1 Å². The molecule has 1 aromatic heterocycles. The van der Waals surface area contributed by atoms with Crippen LogP contribution in [0.3, 0.4) is 0 Å². The van der Waals surface area contributed by atoms with Gasteiger partial charge in [-0.25, -0.2) is 0 Å². The van der Waals surface area contributed by atoms with E-state index in [1.807, 2.05) is 11.7 Å². The molecule has 0 aliphatic heterocycles. The van der Waals surface area contributed by atoms with Gasteiger partial charge in [0.25, 0.3) is 0 Å². The van der Waals surface area contributed by atoms with Gasteiger partial charge in [-0.1, -0.05) is 0 Å². The fraction of sp³-hybridized carbons (Fsp3) is 0.700. The predicted octanol–water partition coefficient (Wildman–Crippen LogP) is 2.46. The third-order valence-corrected chi connectivity index (χ3v) is 2.58. The van der Waals surface area contributed by atoms with Crippen molar-refractivity contribution < 1.29 is 0 Å². The van der Waals surface area contributed by atoms with Crippen molar-refractivity contribution in [1.82, 2.24) is 10.3 Å². The Hall–Kier alpha value is -0.410. The number of rotatable bonds is 4. The molecular formula is C10H18N2S. The summed E-state index contributed by atoms with van der Waals surface area (Å²) >= 11 is 1.74. The molecule has 3 heteroatoms. The summed E-state index contributed by atoms with van der Waals surface area (Å²) in [5.74, 6) is 0. The molecule has 1 heterocycles. The molecule has 0 atom stereocenters. The number of thiazole rings is 1. The average Bonchev–Trinajstić information content (AvgIpc) is 2.48. The smallest absolute Gasteiger partial charge is 0.0794 e. The van der Waals surface area contributed by atoms with E-state index in [4.69, 9.17) is 0 Å². The first-order valence-electron chi connectivity index (χ1n) is 4.70. The van der Waals surface area contributed by atoms with Gasteiger partial charge in [-0.05, 0) is 40.2 Å². The molecule has 0 spiro atoms. The molecule has 13 heavy (non-hydrogen) atoms. The molecule has 0 radical (unpaired) electrons. The van der Waals surface area contributed by atoms with Crippen LogP contribution in [0.4, 0.5) is 0 Å². The summed E-state index contributed by atoms with van der Waals surface area (Å²) in [5.41, 5.74) is 2.14. The summed E-state index contributed by atoms with van der Waals surface area (Å²) < 4.78 is 0. The lowest BCUT2D eigenvalue weighted by molar-refractivity contribution is 0.422. The van der Waals surface area contributed by atoms with Crippen molar-refractivity contribution >= 4 is 11.3 Å². The van der Waals surface area contributed by atoms with Crippen LogP contribution in [0.1, 0.15) is 32.1 Å². The van der Waals surface area contributed by atoms with Crippen molar-refractivity contribution in [1.29, 1.82) is 0 Å². The van der Waals surface area contributed by atoms with Crippen LogP contribution in [0, 0.1) is 0 Å². The quantitative estimate of drug-likeness (QED) is 0.752. The van der Waals surface area contributed by atoms with Gasteiger partial charge >= 0.3 is 0 Å². The zero-order valence-corrected chi connectivity index (χ0v) is 9.45. The van der Waals surface area contributed by atoms with Gasteiger partial charge in [0.15, 0.2) is 0 Å². The van der Waals surface area contributed by atoms with Crippen LogP contribution >= 0.6 is 11.3 Å². The third-order valence-electron chi connectivity index (χ3n) is 1.74. The molecule has 2 nitrogen and oxygen atoms in total. The highest BCUT2D eigenvalue weighted by Crippen LogP contribution is 2.08. The first-order chi connectivity index (χ1) is 6.08. The zero-order chi connectivity index (χ0) is 9.73. The topological polar surface area (TPSA) is 24.9 Å². The lowest BCUT2D eigenvalue weighted by Gasteiger charge is -2.20. The molecule has 74 valence electrons. The molecule has 0 fully saturated rings. The monoisotopic (exact) mass is 198 g/mol. The minimum absolute atomic E-state index is 0.244. The SMILES string of the molecule is CC(C)(C)NCCCc1cncs1. The lowest BCUT2D eigenvalue weighted by Crippen LogP contribution is -2.36. The van der Waals surface area contributed by atoms with Gasteiger partial charge in [0.2, 0.25) is 0 Å². The number of aromatic nitrogens is 1. The molecule has 1 aromatic rings. The van der Waals surface area contributed by atoms with Crippen LogP contribution < -0.4 is 5.32 Å². The molecule has 0 aliphatic rings. The summed E-state index contributed by atoms with van der Waals surface area (Å²) in [4.78, 5) is 5.43. The van der Waals surface area contributed by atoms with Crippen molar-refractivity contribution in [3.05, 3.63) is 16.6 Å². The second-order valence-corrected chi connectivity index (χ2v) is 5.22. The first-order valence-corrected chi connectivity index (χ1v) is 5.58. The van der Waals surface area contributed by atoms with Gasteiger partial charge in [-0.3, -0.25) is 4.98 Å². The van der Waals surface area contributed by atoms with Crippen molar-refractivity contribution in [3.63, 3.8) is 0 Å². The molecule has 0 aromatic carbocycles. The number of nitrogens with zero attached hydrogens (tertiary/aromatic N) is 1. The van der Waals surface area contributed by atoms with E-state index in [9.17, 15) is 0 Å². The van der Waals surface area contributed by atoms with E-state index < -0.39 is 0 Å². The van der Waals surface area contributed by atoms with E-state index in [1.165, 1.54) is 11.3 Å². The summed E-state index contributed by atoms with van der Waals surface area (Å²) in [7, 11) is 0. The van der Waals surface area contributed by atoms with Crippen molar-refractivity contribution in [2.75, 3.05) is 6.54 Å². The normalized spacial score (nSPS) is 11.9. The number of hydrogen-bond donors (Lipinski definition) is 1. The Labute approximate surface area is 84.4 Å². The summed E-state index contributed by atoms with van der Waals surface area (Å²) in [5, 5.41) is 3.47. The van der Waals surface area contributed by atoms with Crippen LogP contribution in [-0.2, 0) is 6.42 Å². The van der Waals surface area contributed by atoms with Crippen molar-refractivity contribution in [2.24, 2.45) is 0 Å². The Bertz CT molecular complexity index is 224. The van der Waals surface area contributed by atoms with E-state index in [0.717, 1.165) is 13.0 Å². The molecule has 0 saturated carbocycles. The van der Waals surface area contributed by atoms with Crippen LogP contribution in [0.2, 0.25) is 0 Å². The molecular weight excluding hydrogens is 180 g/mol. The number of nitrogens with one attached hydrogen (secondary N) is 1. The van der Waals surface area contributed by atoms with E-state index in [0.29, 0.717) is 0 Å². The Morgan fingerprint density at radius 1 is 1.46 bits per heavy atom. The number of aryl methyl sites for hydroxylation is 1. The van der Waals surface area contributed by atoms with E-state index in [-0.39, 0.29) is 5.54 Å². The third kappa shape index (κ3) is 5.01. The molecule has 0 saturated heterocycles. The van der Waals surface area contributed by atoms with Crippen LogP contribution in [-0.4, -0.2) is 17.1 Å². The molecule has 0 bridgehead atoms. The molecule has 0 aliphatic carbocycles. The largest absolute Gasteiger partial charge is 0.312 e. The van der Waals surface area contributed by atoms with Gasteiger partial charge in [-0.15, -0.1) is 11.3 Å². The molecule has 1 N–H and O–H groups in total. The predicted molar refractivity (Wildman–Crippen MR) is 58.2 cm³/mol. The Kier molecular flexibility index (Phi) is 3.88. The summed E-state index contributed by atoms with van der Waals surface area (Å²) in [6, 6.07) is 0. The van der Waals surface area contributed by atoms with E-state index >= 15 is 0 Å². The second kappa shape index (κ2) is 4.72. The molecule has 1 rings (SSSR count). The lowest BCUT2D eigenvalue weighted by atomic mass is 10.1. The van der Waals surface area contributed by atoms with Gasteiger partial charge in [0.05, 0.1) is 5.51 Å². The van der Waals surface area contributed by atoms with Crippen LogP contribution in [0.5, 0.6) is 0 Å². The average molecular weight is 198 g/mol. The van der Waals surface area contributed by atoms with Gasteiger partial charge in [-0.2, -0.15) is 0 Å². The van der Waals surface area contributed by atoms with Gasteiger partial charge in [0, 0.05) is 16.6 Å². The Morgan fingerprint density at radius 3 is 2.77 bits per heavy atom. The van der Waals surface area contributed by atoms with Crippen molar-refractivity contribution in [3.8, 4) is 0 Å². The standard InChI is InChI=1S/C10H18N2S/c1-10(2,3)12-6-4-5-9-7-11-8-13-9/h7-8,12H,4-6H2,1-3H3. The van der Waals surface area contributed by atoms with Crippen LogP contribution in [0.15, 0.2) is 11.7 Å². The highest BCUT2D eigenvalue weighted by molar-refractivity contribution is 7.09. The second-order valence-electron chi connectivity index (χ2n) is 4.25. The minimum atomic E-state index is 0.244. The Morgan fingerprint density at radius 2 is 2.23 bits per heavy atom.